The Morgan fingerprint density at radius 3 is 1.15 bits per heavy atom. The molecule has 0 spiro atoms. The number of H-pyrrole nitrogens is 1. The molecule has 0 saturated carbocycles. The van der Waals surface area contributed by atoms with Gasteiger partial charge in [0, 0.05) is 55.7 Å². The van der Waals surface area contributed by atoms with Crippen LogP contribution in [0.4, 0.5) is 0 Å². The van der Waals surface area contributed by atoms with E-state index in [2.05, 4.69) is 57.8 Å². The number of aromatic amines is 1. The Morgan fingerprint density at radius 1 is 0.404 bits per heavy atom. The number of carbonyl (C=O) groups is 10. The summed E-state index contributed by atoms with van der Waals surface area (Å²) < 4.78 is 0. The van der Waals surface area contributed by atoms with Gasteiger partial charge in [0.15, 0.2) is 5.96 Å². The summed E-state index contributed by atoms with van der Waals surface area (Å²) in [5, 5.41) is 36.4. The first kappa shape index (κ1) is 77.5. The van der Waals surface area contributed by atoms with Gasteiger partial charge in [-0.1, -0.05) is 140 Å². The number of nitrogens with two attached hydrogens (primary N) is 6. The molecule has 5 aromatic carbocycles. The first-order chi connectivity index (χ1) is 47.7. The number of aromatic nitrogens is 1. The highest BCUT2D eigenvalue weighted by atomic mass is 16.3. The normalized spacial score (nSPS) is 14.1. The van der Waals surface area contributed by atoms with Crippen molar-refractivity contribution in [2.75, 3.05) is 26.2 Å². The van der Waals surface area contributed by atoms with E-state index in [9.17, 15) is 43.5 Å². The lowest BCUT2D eigenvalue weighted by molar-refractivity contribution is -0.137. The number of nitrogens with one attached hydrogen (secondary N) is 10. The van der Waals surface area contributed by atoms with E-state index in [1.54, 1.807) is 140 Å². The van der Waals surface area contributed by atoms with E-state index in [0.717, 1.165) is 0 Å². The molecular formula is C71H95N17O11. The van der Waals surface area contributed by atoms with E-state index < -0.39 is 126 Å². The van der Waals surface area contributed by atoms with Crippen LogP contribution in [0, 0.1) is 0 Å². The number of fused-ring (bicyclic) bond motifs is 1. The van der Waals surface area contributed by atoms with Crippen molar-refractivity contribution in [2.24, 2.45) is 39.4 Å². The summed E-state index contributed by atoms with van der Waals surface area (Å²) in [6.07, 6.45) is 1.21. The van der Waals surface area contributed by atoms with Crippen molar-refractivity contribution in [3.05, 3.63) is 180 Å². The Morgan fingerprint density at radius 2 is 0.747 bits per heavy atom. The lowest BCUT2D eigenvalue weighted by Gasteiger charge is -2.29. The fourth-order valence-corrected chi connectivity index (χ4v) is 11.1. The number of carbonyl (C=O) groups excluding carboxylic acids is 10. The molecule has 0 saturated heterocycles. The number of aliphatic hydroxyl groups is 1. The highest BCUT2D eigenvalue weighted by Gasteiger charge is 2.37. The van der Waals surface area contributed by atoms with Crippen molar-refractivity contribution in [1.82, 2.24) is 52.8 Å². The van der Waals surface area contributed by atoms with Crippen molar-refractivity contribution >= 4 is 75.9 Å². The predicted molar refractivity (Wildman–Crippen MR) is 376 cm³/mol. The third-order valence-corrected chi connectivity index (χ3v) is 16.4. The number of nitrogens with zero attached hydrogens (tertiary/aromatic N) is 1. The summed E-state index contributed by atoms with van der Waals surface area (Å²) in [6, 6.07) is 29.9. The predicted octanol–water partition coefficient (Wildman–Crippen LogP) is -0.819. The SMILES string of the molecule is C[C@@H](O)[C@H](NC(=O)[C@H](CCCCN)NC(=O)[C@H](Cc1c[nH]c2ccccc12)NC(=O)[C@H](CCCN=C(N)N)NC(=O)[C@H](CCCCN)NC(=O)[C@H](Cc1ccccc1)NC(=O)[C@H](Cc1ccccc1)NC(=O)CN)C(=O)N[C@@H](Cc1ccccc1)C(=O)N[C@@H](Cc1ccccc1)C(N)=O. The molecule has 10 amide bonds. The van der Waals surface area contributed by atoms with E-state index >= 15 is 9.59 Å². The number of guanidine groups is 1. The van der Waals surface area contributed by atoms with Crippen LogP contribution < -0.4 is 82.3 Å². The van der Waals surface area contributed by atoms with E-state index in [1.165, 1.54) is 6.92 Å². The lowest BCUT2D eigenvalue weighted by atomic mass is 10.0. The zero-order chi connectivity index (χ0) is 71.6. The number of aliphatic hydroxyl groups excluding tert-OH is 1. The van der Waals surface area contributed by atoms with Crippen LogP contribution in [-0.4, -0.2) is 162 Å². The second-order valence-corrected chi connectivity index (χ2v) is 24.2. The van der Waals surface area contributed by atoms with Crippen LogP contribution in [0.25, 0.3) is 10.9 Å². The number of rotatable bonds is 42. The minimum absolute atomic E-state index is 0.00618. The van der Waals surface area contributed by atoms with Gasteiger partial charge in [-0.15, -0.1) is 0 Å². The number of unbranched alkanes of at least 4 members (excludes halogenated alkanes) is 2. The number of benzene rings is 5. The summed E-state index contributed by atoms with van der Waals surface area (Å²) >= 11 is 0. The van der Waals surface area contributed by atoms with Gasteiger partial charge in [-0.2, -0.15) is 0 Å². The molecule has 99 heavy (non-hydrogen) atoms. The average Bonchev–Trinajstić information content (AvgIpc) is 1.81. The zero-order valence-electron chi connectivity index (χ0n) is 55.7. The smallest absolute Gasteiger partial charge is 0.245 e. The Kier molecular flexibility index (Phi) is 32.0. The maximum Gasteiger partial charge on any atom is 0.245 e. The lowest BCUT2D eigenvalue weighted by Crippen LogP contribution is -2.62. The molecule has 0 radical (unpaired) electrons. The van der Waals surface area contributed by atoms with Gasteiger partial charge in [0.2, 0.25) is 59.1 Å². The van der Waals surface area contributed by atoms with Gasteiger partial charge >= 0.3 is 0 Å². The molecule has 0 aliphatic heterocycles. The van der Waals surface area contributed by atoms with Gasteiger partial charge in [0.05, 0.1) is 12.6 Å². The van der Waals surface area contributed by atoms with Gasteiger partial charge < -0.3 is 92.3 Å². The largest absolute Gasteiger partial charge is 0.391 e. The molecule has 1 heterocycles. The van der Waals surface area contributed by atoms with Crippen LogP contribution in [-0.2, 0) is 80.0 Å². The Hall–Kier alpha value is -10.6. The Balaban J connectivity index is 1.28. The quantitative estimate of drug-likeness (QED) is 0.0126. The molecule has 28 nitrogen and oxygen atoms in total. The van der Waals surface area contributed by atoms with Crippen LogP contribution in [0.15, 0.2) is 157 Å². The van der Waals surface area contributed by atoms with Gasteiger partial charge in [-0.25, -0.2) is 0 Å². The molecule has 0 unspecified atom stereocenters. The minimum atomic E-state index is -1.73. The molecule has 28 heteroatoms. The fourth-order valence-electron chi connectivity index (χ4n) is 11.1. The summed E-state index contributed by atoms with van der Waals surface area (Å²) in [6.45, 7) is 1.29. The van der Waals surface area contributed by atoms with Crippen molar-refractivity contribution < 1.29 is 53.1 Å². The maximum atomic E-state index is 15.1. The highest BCUT2D eigenvalue weighted by Crippen LogP contribution is 2.21. The molecule has 0 aliphatic carbocycles. The van der Waals surface area contributed by atoms with Crippen LogP contribution >= 0.6 is 0 Å². The molecule has 6 rings (SSSR count). The minimum Gasteiger partial charge on any atom is -0.391 e. The molecule has 6 aromatic rings. The van der Waals surface area contributed by atoms with Crippen LogP contribution in [0.5, 0.6) is 0 Å². The summed E-state index contributed by atoms with van der Waals surface area (Å²) in [5.41, 5.74) is 38.5. The van der Waals surface area contributed by atoms with E-state index in [1.807, 2.05) is 12.1 Å². The molecule has 530 valence electrons. The first-order valence-electron chi connectivity index (χ1n) is 33.2. The first-order valence-corrected chi connectivity index (χ1v) is 33.2. The molecule has 1 aromatic heterocycles. The third kappa shape index (κ3) is 26.1. The summed E-state index contributed by atoms with van der Waals surface area (Å²) in [7, 11) is 0. The topological polar surface area (TPSA) is 483 Å². The summed E-state index contributed by atoms with van der Waals surface area (Å²) in [4.78, 5) is 150. The van der Waals surface area contributed by atoms with Gasteiger partial charge in [0.25, 0.3) is 0 Å². The number of hydrogen-bond donors (Lipinski definition) is 17. The zero-order valence-corrected chi connectivity index (χ0v) is 55.7. The Labute approximate surface area is 575 Å². The van der Waals surface area contributed by atoms with Crippen LogP contribution in [0.3, 0.4) is 0 Å². The van der Waals surface area contributed by atoms with E-state index in [4.69, 9.17) is 34.4 Å². The standard InChI is InChI=1S/C71H95N17O11/c1-44(89)61(70(99)87-58(40-48-27-12-5-13-28-48)68(97)84-55(62(75)91)37-45-21-6-2-7-22-45)88-65(94)53(32-17-19-35-73)83-69(98)59(41-49-43-79-51-30-15-14-29-50(49)51)86-64(93)54(33-20-36-78-71(76)77)81-63(92)52(31-16-18-34-72)82-67(96)57(39-47-25-10-4-11-26-47)85-66(95)56(80-60(90)42-74)38-46-23-8-3-9-24-46/h2-15,21-30,43-44,52-59,61,79,89H,16-20,31-42,72-74H2,1H3,(H2,75,91)(H,80,90)(H,81,92)(H,82,96)(H,83,98)(H,84,97)(H,85,95)(H,86,93)(H,87,99)(H,88,94)(H4,76,77,78)/t44-,52+,53+,54+,55+,56+,57+,58+,59+,61+/m1/s1. The number of amides is 10. The highest BCUT2D eigenvalue weighted by molar-refractivity contribution is 5.99. The number of primary amides is 1. The molecule has 0 aliphatic rings. The van der Waals surface area contributed by atoms with Crippen LogP contribution in [0.2, 0.25) is 0 Å². The second-order valence-electron chi connectivity index (χ2n) is 24.2. The number of aliphatic imine (C=N–C) groups is 1. The average molecular weight is 1360 g/mol. The molecular weight excluding hydrogens is 1270 g/mol. The maximum absolute atomic E-state index is 15.1. The Bertz CT molecular complexity index is 3620. The fraction of sp³-hybridized carbons (Fsp3) is 0.394. The van der Waals surface area contributed by atoms with Gasteiger partial charge in [0.1, 0.15) is 54.4 Å². The van der Waals surface area contributed by atoms with Crippen molar-refractivity contribution in [1.29, 1.82) is 0 Å². The molecule has 23 N–H and O–H groups in total. The summed E-state index contributed by atoms with van der Waals surface area (Å²) in [5.74, 6) is -8.43. The molecule has 0 fully saturated rings. The van der Waals surface area contributed by atoms with Crippen molar-refractivity contribution in [3.8, 4) is 0 Å². The van der Waals surface area contributed by atoms with Crippen molar-refractivity contribution in [2.45, 2.75) is 151 Å². The van der Waals surface area contributed by atoms with Gasteiger partial charge in [-0.3, -0.25) is 52.9 Å². The number of hydrogen-bond acceptors (Lipinski definition) is 15. The molecule has 0 bridgehead atoms. The second kappa shape index (κ2) is 40.9. The van der Waals surface area contributed by atoms with E-state index in [-0.39, 0.29) is 89.8 Å². The van der Waals surface area contributed by atoms with Crippen LogP contribution in [0.1, 0.15) is 86.1 Å². The number of para-hydroxylation sites is 1. The van der Waals surface area contributed by atoms with Crippen molar-refractivity contribution in [3.63, 3.8) is 0 Å². The molecule has 10 atom stereocenters. The van der Waals surface area contributed by atoms with Gasteiger partial charge in [-0.05, 0) is 105 Å². The monoisotopic (exact) mass is 1360 g/mol. The van der Waals surface area contributed by atoms with E-state index in [0.29, 0.717) is 58.0 Å². The third-order valence-electron chi connectivity index (χ3n) is 16.4.